The van der Waals surface area contributed by atoms with Crippen molar-refractivity contribution in [1.29, 1.82) is 0 Å². The van der Waals surface area contributed by atoms with Gasteiger partial charge >= 0.3 is 5.97 Å². The number of hydrogen-bond donors (Lipinski definition) is 2. The van der Waals surface area contributed by atoms with Crippen molar-refractivity contribution in [2.75, 3.05) is 6.61 Å². The average molecular weight is 263 g/mol. The number of carbonyl (C=O) groups excluding carboxylic acids is 1. The molecule has 2 N–H and O–H groups in total. The van der Waals surface area contributed by atoms with Crippen molar-refractivity contribution in [3.05, 3.63) is 35.5 Å². The van der Waals surface area contributed by atoms with Crippen LogP contribution in [0.2, 0.25) is 0 Å². The second kappa shape index (κ2) is 7.20. The molecule has 5 nitrogen and oxygen atoms in total. The topological polar surface area (TPSA) is 75.6 Å². The molecule has 0 aromatic heterocycles. The quantitative estimate of drug-likeness (QED) is 0.770. The SMILES string of the molecule is CCCOc1ccc(C=C(NC(C)=O)C(=O)O)cc1. The van der Waals surface area contributed by atoms with E-state index in [0.717, 1.165) is 12.2 Å². The molecule has 0 atom stereocenters. The fourth-order valence-corrected chi connectivity index (χ4v) is 1.39. The van der Waals surface area contributed by atoms with Gasteiger partial charge in [-0.05, 0) is 30.2 Å². The summed E-state index contributed by atoms with van der Waals surface area (Å²) in [7, 11) is 0. The van der Waals surface area contributed by atoms with E-state index >= 15 is 0 Å². The van der Waals surface area contributed by atoms with Crippen molar-refractivity contribution in [3.63, 3.8) is 0 Å². The summed E-state index contributed by atoms with van der Waals surface area (Å²) in [5.41, 5.74) is 0.518. The fraction of sp³-hybridized carbons (Fsp3) is 0.286. The van der Waals surface area contributed by atoms with E-state index in [1.165, 1.54) is 13.0 Å². The van der Waals surface area contributed by atoms with Gasteiger partial charge < -0.3 is 15.2 Å². The Labute approximate surface area is 111 Å². The summed E-state index contributed by atoms with van der Waals surface area (Å²) < 4.78 is 5.42. The number of carbonyl (C=O) groups is 2. The number of amides is 1. The van der Waals surface area contributed by atoms with Crippen LogP contribution in [0.15, 0.2) is 30.0 Å². The van der Waals surface area contributed by atoms with Crippen LogP contribution >= 0.6 is 0 Å². The number of carboxylic acids is 1. The van der Waals surface area contributed by atoms with Gasteiger partial charge in [0.25, 0.3) is 0 Å². The molecule has 1 amide bonds. The number of benzene rings is 1. The minimum Gasteiger partial charge on any atom is -0.494 e. The number of rotatable bonds is 6. The second-order valence-electron chi connectivity index (χ2n) is 3.96. The normalized spacial score (nSPS) is 10.9. The molecule has 0 saturated carbocycles. The van der Waals surface area contributed by atoms with Crippen molar-refractivity contribution in [1.82, 2.24) is 5.32 Å². The monoisotopic (exact) mass is 263 g/mol. The number of carboxylic acid groups (broad SMARTS) is 1. The Hall–Kier alpha value is -2.30. The molecule has 1 aromatic rings. The molecule has 0 aliphatic heterocycles. The molecule has 0 aliphatic rings. The third-order valence-corrected chi connectivity index (χ3v) is 2.21. The zero-order chi connectivity index (χ0) is 14.3. The van der Waals surface area contributed by atoms with E-state index < -0.39 is 11.9 Å². The van der Waals surface area contributed by atoms with Crippen LogP contribution < -0.4 is 10.1 Å². The Morgan fingerprint density at radius 1 is 1.32 bits per heavy atom. The van der Waals surface area contributed by atoms with Gasteiger partial charge in [-0.2, -0.15) is 0 Å². The van der Waals surface area contributed by atoms with Crippen molar-refractivity contribution in [3.8, 4) is 5.75 Å². The molecule has 102 valence electrons. The van der Waals surface area contributed by atoms with Gasteiger partial charge in [0, 0.05) is 6.92 Å². The highest BCUT2D eigenvalue weighted by Gasteiger charge is 2.08. The van der Waals surface area contributed by atoms with Gasteiger partial charge in [-0.25, -0.2) is 4.79 Å². The van der Waals surface area contributed by atoms with Gasteiger partial charge in [0.1, 0.15) is 11.4 Å². The zero-order valence-corrected chi connectivity index (χ0v) is 11.0. The van der Waals surface area contributed by atoms with E-state index in [1.54, 1.807) is 24.3 Å². The molecule has 1 rings (SSSR count). The Morgan fingerprint density at radius 3 is 2.42 bits per heavy atom. The van der Waals surface area contributed by atoms with E-state index in [0.29, 0.717) is 12.2 Å². The number of aliphatic carboxylic acids is 1. The second-order valence-corrected chi connectivity index (χ2v) is 3.96. The maximum absolute atomic E-state index is 10.9. The Morgan fingerprint density at radius 2 is 1.95 bits per heavy atom. The summed E-state index contributed by atoms with van der Waals surface area (Å²) in [5, 5.41) is 11.2. The molecule has 0 fully saturated rings. The molecule has 19 heavy (non-hydrogen) atoms. The lowest BCUT2D eigenvalue weighted by Gasteiger charge is -2.05. The summed E-state index contributed by atoms with van der Waals surface area (Å²) in [6.45, 7) is 3.92. The molecular weight excluding hydrogens is 246 g/mol. The molecule has 0 bridgehead atoms. The highest BCUT2D eigenvalue weighted by atomic mass is 16.5. The largest absolute Gasteiger partial charge is 0.494 e. The molecule has 0 unspecified atom stereocenters. The van der Waals surface area contributed by atoms with Crippen LogP contribution in [0.5, 0.6) is 5.75 Å². The predicted octanol–water partition coefficient (Wildman–Crippen LogP) is 2.04. The Kier molecular flexibility index (Phi) is 5.60. The molecule has 5 heteroatoms. The maximum Gasteiger partial charge on any atom is 0.352 e. The van der Waals surface area contributed by atoms with E-state index in [4.69, 9.17) is 9.84 Å². The van der Waals surface area contributed by atoms with Gasteiger partial charge in [0.2, 0.25) is 5.91 Å². The van der Waals surface area contributed by atoms with Gasteiger partial charge in [0.15, 0.2) is 0 Å². The Bertz CT molecular complexity index is 477. The lowest BCUT2D eigenvalue weighted by atomic mass is 10.2. The van der Waals surface area contributed by atoms with Gasteiger partial charge in [-0.1, -0.05) is 19.1 Å². The first-order valence-corrected chi connectivity index (χ1v) is 5.98. The first-order valence-electron chi connectivity index (χ1n) is 5.98. The van der Waals surface area contributed by atoms with E-state index in [-0.39, 0.29) is 5.70 Å². The van der Waals surface area contributed by atoms with Crippen LogP contribution in [0.3, 0.4) is 0 Å². The Balaban J connectivity index is 2.83. The van der Waals surface area contributed by atoms with Crippen molar-refractivity contribution in [2.24, 2.45) is 0 Å². The highest BCUT2D eigenvalue weighted by molar-refractivity contribution is 5.96. The zero-order valence-electron chi connectivity index (χ0n) is 11.0. The third-order valence-electron chi connectivity index (χ3n) is 2.21. The number of ether oxygens (including phenoxy) is 1. The van der Waals surface area contributed by atoms with Gasteiger partial charge in [-0.3, -0.25) is 4.79 Å². The van der Waals surface area contributed by atoms with Crippen LogP contribution in [-0.4, -0.2) is 23.6 Å². The van der Waals surface area contributed by atoms with E-state index in [2.05, 4.69) is 5.32 Å². The molecule has 0 heterocycles. The summed E-state index contributed by atoms with van der Waals surface area (Å²) in [6.07, 6.45) is 2.32. The minimum atomic E-state index is -1.18. The van der Waals surface area contributed by atoms with Crippen LogP contribution in [0.25, 0.3) is 6.08 Å². The maximum atomic E-state index is 10.9. The fourth-order valence-electron chi connectivity index (χ4n) is 1.39. The lowest BCUT2D eigenvalue weighted by Crippen LogP contribution is -2.24. The number of hydrogen-bond acceptors (Lipinski definition) is 3. The molecule has 0 radical (unpaired) electrons. The van der Waals surface area contributed by atoms with Crippen LogP contribution in [0, 0.1) is 0 Å². The molecule has 0 saturated heterocycles. The third kappa shape index (κ3) is 5.25. The van der Waals surface area contributed by atoms with Crippen LogP contribution in [0.1, 0.15) is 25.8 Å². The van der Waals surface area contributed by atoms with Crippen molar-refractivity contribution >= 4 is 18.0 Å². The predicted molar refractivity (Wildman–Crippen MR) is 71.7 cm³/mol. The van der Waals surface area contributed by atoms with Crippen LogP contribution in [-0.2, 0) is 9.59 Å². The highest BCUT2D eigenvalue weighted by Crippen LogP contribution is 2.14. The van der Waals surface area contributed by atoms with Crippen molar-refractivity contribution in [2.45, 2.75) is 20.3 Å². The van der Waals surface area contributed by atoms with Gasteiger partial charge in [0.05, 0.1) is 6.61 Å². The molecule has 0 aliphatic carbocycles. The first kappa shape index (κ1) is 14.8. The van der Waals surface area contributed by atoms with Crippen molar-refractivity contribution < 1.29 is 19.4 Å². The first-order chi connectivity index (χ1) is 9.02. The molecule has 1 aromatic carbocycles. The van der Waals surface area contributed by atoms with E-state index in [1.807, 2.05) is 6.92 Å². The van der Waals surface area contributed by atoms with Gasteiger partial charge in [-0.15, -0.1) is 0 Å². The van der Waals surface area contributed by atoms with Crippen LogP contribution in [0.4, 0.5) is 0 Å². The standard InChI is InChI=1S/C14H17NO4/c1-3-8-19-12-6-4-11(5-7-12)9-13(14(17)18)15-10(2)16/h4-7,9H,3,8H2,1-2H3,(H,15,16)(H,17,18). The summed E-state index contributed by atoms with van der Waals surface area (Å²) >= 11 is 0. The smallest absolute Gasteiger partial charge is 0.352 e. The molecule has 0 spiro atoms. The summed E-state index contributed by atoms with van der Waals surface area (Å²) in [5.74, 6) is -0.867. The molecular formula is C14H17NO4. The lowest BCUT2D eigenvalue weighted by molar-refractivity contribution is -0.134. The van der Waals surface area contributed by atoms with E-state index in [9.17, 15) is 9.59 Å². The summed E-state index contributed by atoms with van der Waals surface area (Å²) in [6, 6.07) is 6.98. The minimum absolute atomic E-state index is 0.158. The summed E-state index contributed by atoms with van der Waals surface area (Å²) in [4.78, 5) is 21.8. The average Bonchev–Trinajstić information content (AvgIpc) is 2.36. The number of nitrogens with one attached hydrogen (secondary N) is 1.